The molecule has 0 atom stereocenters. The summed E-state index contributed by atoms with van der Waals surface area (Å²) in [7, 11) is 1.73. The van der Waals surface area contributed by atoms with Gasteiger partial charge in [-0.15, -0.1) is 0 Å². The van der Waals surface area contributed by atoms with Gasteiger partial charge in [0, 0.05) is 26.6 Å². The molecule has 2 aromatic rings. The lowest BCUT2D eigenvalue weighted by Crippen LogP contribution is -2.28. The normalized spacial score (nSPS) is 10.0. The molecule has 0 bridgehead atoms. The van der Waals surface area contributed by atoms with E-state index in [1.165, 1.54) is 6.26 Å². The monoisotopic (exact) mass is 325 g/mol. The van der Waals surface area contributed by atoms with Gasteiger partial charge in [-0.1, -0.05) is 12.1 Å². The highest BCUT2D eigenvalue weighted by molar-refractivity contribution is 5.91. The van der Waals surface area contributed by atoms with Crippen LogP contribution in [0.4, 0.5) is 0 Å². The predicted molar refractivity (Wildman–Crippen MR) is 87.9 cm³/mol. The van der Waals surface area contributed by atoms with Crippen LogP contribution in [-0.4, -0.2) is 30.3 Å². The fraction of sp³-hybridized carbons (Fsp3) is 0.278. The summed E-state index contributed by atoms with van der Waals surface area (Å²) in [5.41, 5.74) is 1.49. The number of nitriles is 1. The van der Waals surface area contributed by atoms with Gasteiger partial charge < -0.3 is 14.6 Å². The molecule has 1 N–H and O–H groups in total. The Kier molecular flexibility index (Phi) is 6.15. The highest BCUT2D eigenvalue weighted by Gasteiger charge is 2.11. The zero-order chi connectivity index (χ0) is 17.4. The smallest absolute Gasteiger partial charge is 0.286 e. The second-order valence-electron chi connectivity index (χ2n) is 5.40. The highest BCUT2D eigenvalue weighted by Crippen LogP contribution is 2.08. The number of amides is 2. The lowest BCUT2D eigenvalue weighted by atomic mass is 10.1. The lowest BCUT2D eigenvalue weighted by molar-refractivity contribution is -0.130. The Bertz CT molecular complexity index is 732. The van der Waals surface area contributed by atoms with Gasteiger partial charge in [0.2, 0.25) is 5.91 Å². The fourth-order valence-electron chi connectivity index (χ4n) is 2.23. The van der Waals surface area contributed by atoms with E-state index < -0.39 is 0 Å². The Hall–Kier alpha value is -3.07. The quantitative estimate of drug-likeness (QED) is 0.792. The minimum atomic E-state index is -0.283. The van der Waals surface area contributed by atoms with Crippen LogP contribution in [0.25, 0.3) is 0 Å². The summed E-state index contributed by atoms with van der Waals surface area (Å²) in [4.78, 5) is 25.4. The number of hydrogen-bond acceptors (Lipinski definition) is 4. The third-order valence-corrected chi connectivity index (χ3v) is 3.50. The summed E-state index contributed by atoms with van der Waals surface area (Å²) in [5.74, 6) is -0.0328. The molecule has 24 heavy (non-hydrogen) atoms. The molecule has 0 unspecified atom stereocenters. The summed E-state index contributed by atoms with van der Waals surface area (Å²) >= 11 is 0. The number of carbonyl (C=O) groups excluding carboxylic acids is 2. The molecule has 0 saturated carbocycles. The maximum Gasteiger partial charge on any atom is 0.286 e. The molecule has 0 fully saturated rings. The Morgan fingerprint density at radius 2 is 2.12 bits per heavy atom. The van der Waals surface area contributed by atoms with Crippen LogP contribution in [-0.2, 0) is 11.3 Å². The number of benzene rings is 1. The topological polar surface area (TPSA) is 86.3 Å². The molecule has 2 rings (SSSR count). The minimum absolute atomic E-state index is 0.00962. The Morgan fingerprint density at radius 3 is 2.83 bits per heavy atom. The van der Waals surface area contributed by atoms with Crippen LogP contribution in [0.1, 0.15) is 34.5 Å². The Balaban J connectivity index is 1.71. The molecule has 6 nitrogen and oxygen atoms in total. The molecule has 0 aliphatic carbocycles. The van der Waals surface area contributed by atoms with Gasteiger partial charge in [0.15, 0.2) is 5.76 Å². The molecule has 0 saturated heterocycles. The van der Waals surface area contributed by atoms with Gasteiger partial charge in [-0.25, -0.2) is 0 Å². The third-order valence-electron chi connectivity index (χ3n) is 3.50. The molecule has 124 valence electrons. The molecule has 6 heteroatoms. The molecule has 0 aliphatic heterocycles. The van der Waals surface area contributed by atoms with Crippen LogP contribution in [0.2, 0.25) is 0 Å². The van der Waals surface area contributed by atoms with Crippen molar-refractivity contribution in [3.8, 4) is 6.07 Å². The van der Waals surface area contributed by atoms with Gasteiger partial charge in [0.05, 0.1) is 17.9 Å². The third kappa shape index (κ3) is 4.99. The van der Waals surface area contributed by atoms with Crippen LogP contribution in [0.5, 0.6) is 0 Å². The summed E-state index contributed by atoms with van der Waals surface area (Å²) in [6.45, 7) is 0.857. The van der Waals surface area contributed by atoms with Crippen molar-refractivity contribution in [2.75, 3.05) is 13.6 Å². The molecule has 2 amide bonds. The first-order valence-corrected chi connectivity index (χ1v) is 7.65. The minimum Gasteiger partial charge on any atom is -0.459 e. The summed E-state index contributed by atoms with van der Waals surface area (Å²) in [6.07, 6.45) is 2.33. The van der Waals surface area contributed by atoms with Crippen LogP contribution < -0.4 is 5.32 Å². The largest absolute Gasteiger partial charge is 0.459 e. The standard InChI is InChI=1S/C18H19N3O3/c1-21(13-15-6-2-5-14(11-15)12-19)17(22)8-3-9-20-18(23)16-7-4-10-24-16/h2,4-7,10-11H,3,8-9,13H2,1H3,(H,20,23). The number of hydrogen-bond donors (Lipinski definition) is 1. The number of nitrogens with zero attached hydrogens (tertiary/aromatic N) is 2. The average molecular weight is 325 g/mol. The van der Waals surface area contributed by atoms with E-state index >= 15 is 0 Å². The number of rotatable bonds is 7. The van der Waals surface area contributed by atoms with E-state index in [4.69, 9.17) is 9.68 Å². The highest BCUT2D eigenvalue weighted by atomic mass is 16.3. The first-order chi connectivity index (χ1) is 11.6. The van der Waals surface area contributed by atoms with Crippen molar-refractivity contribution in [1.82, 2.24) is 10.2 Å². The van der Waals surface area contributed by atoms with Crippen molar-refractivity contribution in [3.63, 3.8) is 0 Å². The van der Waals surface area contributed by atoms with E-state index in [1.807, 2.05) is 6.07 Å². The van der Waals surface area contributed by atoms with Crippen LogP contribution in [0.3, 0.4) is 0 Å². The van der Waals surface area contributed by atoms with Crippen molar-refractivity contribution < 1.29 is 14.0 Å². The summed E-state index contributed by atoms with van der Waals surface area (Å²) in [6, 6.07) is 12.5. The van der Waals surface area contributed by atoms with E-state index in [2.05, 4.69) is 11.4 Å². The molecule has 1 aromatic carbocycles. The second kappa shape index (κ2) is 8.53. The fourth-order valence-corrected chi connectivity index (χ4v) is 2.23. The molecule has 0 aliphatic rings. The molecule has 1 aromatic heterocycles. The molecule has 0 spiro atoms. The lowest BCUT2D eigenvalue weighted by Gasteiger charge is -2.17. The van der Waals surface area contributed by atoms with Gasteiger partial charge in [0.25, 0.3) is 5.91 Å². The first kappa shape index (κ1) is 17.3. The zero-order valence-corrected chi connectivity index (χ0v) is 13.5. The Morgan fingerprint density at radius 1 is 1.29 bits per heavy atom. The molecular weight excluding hydrogens is 306 g/mol. The number of nitrogens with one attached hydrogen (secondary N) is 1. The maximum absolute atomic E-state index is 12.1. The van der Waals surface area contributed by atoms with E-state index in [9.17, 15) is 9.59 Å². The average Bonchev–Trinajstić information content (AvgIpc) is 3.13. The molecule has 1 heterocycles. The molecule has 0 radical (unpaired) electrons. The number of carbonyl (C=O) groups is 2. The van der Waals surface area contributed by atoms with E-state index in [-0.39, 0.29) is 17.6 Å². The zero-order valence-electron chi connectivity index (χ0n) is 13.5. The summed E-state index contributed by atoms with van der Waals surface area (Å²) in [5, 5.41) is 11.6. The van der Waals surface area contributed by atoms with Gasteiger partial charge in [0.1, 0.15) is 0 Å². The van der Waals surface area contributed by atoms with Crippen LogP contribution in [0, 0.1) is 11.3 Å². The van der Waals surface area contributed by atoms with E-state index in [0.717, 1.165) is 5.56 Å². The van der Waals surface area contributed by atoms with E-state index in [0.29, 0.717) is 31.5 Å². The van der Waals surface area contributed by atoms with Gasteiger partial charge in [-0.05, 0) is 36.2 Å². The predicted octanol–water partition coefficient (Wildman–Crippen LogP) is 2.32. The van der Waals surface area contributed by atoms with Crippen LogP contribution >= 0.6 is 0 Å². The van der Waals surface area contributed by atoms with Crippen molar-refractivity contribution in [1.29, 1.82) is 5.26 Å². The van der Waals surface area contributed by atoms with Crippen molar-refractivity contribution in [2.45, 2.75) is 19.4 Å². The first-order valence-electron chi connectivity index (χ1n) is 7.65. The maximum atomic E-state index is 12.1. The van der Waals surface area contributed by atoms with Crippen molar-refractivity contribution >= 4 is 11.8 Å². The van der Waals surface area contributed by atoms with Crippen molar-refractivity contribution in [2.24, 2.45) is 0 Å². The number of furan rings is 1. The van der Waals surface area contributed by atoms with Gasteiger partial charge in [-0.2, -0.15) is 5.26 Å². The van der Waals surface area contributed by atoms with E-state index in [1.54, 1.807) is 42.3 Å². The van der Waals surface area contributed by atoms with Crippen molar-refractivity contribution in [3.05, 3.63) is 59.5 Å². The Labute approximate surface area is 140 Å². The second-order valence-corrected chi connectivity index (χ2v) is 5.40. The van der Waals surface area contributed by atoms with Gasteiger partial charge in [-0.3, -0.25) is 9.59 Å². The summed E-state index contributed by atoms with van der Waals surface area (Å²) < 4.78 is 4.99. The van der Waals surface area contributed by atoms with Crippen LogP contribution in [0.15, 0.2) is 47.1 Å². The van der Waals surface area contributed by atoms with Gasteiger partial charge >= 0.3 is 0 Å². The SMILES string of the molecule is CN(Cc1cccc(C#N)c1)C(=O)CCCNC(=O)c1ccco1. The molecular formula is C18H19N3O3.